The number of ether oxygens (including phenoxy) is 1. The lowest BCUT2D eigenvalue weighted by atomic mass is 10.3. The molecule has 114 valence electrons. The second-order valence-electron chi connectivity index (χ2n) is 5.18. The maximum atomic E-state index is 13.4. The summed E-state index contributed by atoms with van der Waals surface area (Å²) >= 11 is 5.85. The molecule has 0 atom stereocenters. The van der Waals surface area contributed by atoms with Gasteiger partial charge in [0.1, 0.15) is 5.82 Å². The Kier molecular flexibility index (Phi) is 4.28. The van der Waals surface area contributed by atoms with Crippen molar-refractivity contribution in [1.29, 1.82) is 0 Å². The zero-order valence-electron chi connectivity index (χ0n) is 11.7. The van der Waals surface area contributed by atoms with E-state index in [1.54, 1.807) is 6.07 Å². The molecule has 2 aromatic rings. The maximum Gasteiger partial charge on any atom is 0.201 e. The molecule has 0 spiro atoms. The summed E-state index contributed by atoms with van der Waals surface area (Å²) in [7, 11) is 0. The number of nitrogens with zero attached hydrogens (tertiary/aromatic N) is 3. The average Bonchev–Trinajstić information content (AvgIpc) is 2.76. The lowest BCUT2D eigenvalue weighted by molar-refractivity contribution is 0.0370. The molecule has 0 bridgehead atoms. The molecule has 1 aromatic carbocycles. The van der Waals surface area contributed by atoms with Crippen molar-refractivity contribution in [1.82, 2.24) is 14.5 Å². The Bertz CT molecular complexity index is 639. The largest absolute Gasteiger partial charge is 0.379 e. The molecule has 0 saturated carbocycles. The zero-order chi connectivity index (χ0) is 14.8. The molecule has 0 aliphatic carbocycles. The number of morpholine rings is 1. The van der Waals surface area contributed by atoms with Gasteiger partial charge in [0.15, 0.2) is 0 Å². The van der Waals surface area contributed by atoms with E-state index < -0.39 is 5.82 Å². The first-order chi connectivity index (χ1) is 10.1. The van der Waals surface area contributed by atoms with Crippen LogP contribution in [0.5, 0.6) is 0 Å². The van der Waals surface area contributed by atoms with Gasteiger partial charge in [0.2, 0.25) is 5.95 Å². The van der Waals surface area contributed by atoms with E-state index >= 15 is 0 Å². The van der Waals surface area contributed by atoms with Gasteiger partial charge in [0, 0.05) is 32.2 Å². The average molecular weight is 313 g/mol. The summed E-state index contributed by atoms with van der Waals surface area (Å²) in [6.45, 7) is 5.25. The van der Waals surface area contributed by atoms with Crippen molar-refractivity contribution in [2.45, 2.75) is 13.0 Å². The van der Waals surface area contributed by atoms with Gasteiger partial charge in [-0.3, -0.25) is 4.90 Å². The number of hydrogen-bond acceptors (Lipinski definition) is 4. The van der Waals surface area contributed by atoms with Gasteiger partial charge >= 0.3 is 0 Å². The zero-order valence-corrected chi connectivity index (χ0v) is 12.4. The molecule has 0 amide bonds. The summed E-state index contributed by atoms with van der Waals surface area (Å²) in [5.41, 5.74) is 7.25. The van der Waals surface area contributed by atoms with Gasteiger partial charge in [-0.05, 0) is 12.5 Å². The number of benzene rings is 1. The third-order valence-corrected chi connectivity index (χ3v) is 4.07. The summed E-state index contributed by atoms with van der Waals surface area (Å²) in [5, 5.41) is 0.0943. The quantitative estimate of drug-likeness (QED) is 0.939. The van der Waals surface area contributed by atoms with E-state index in [1.165, 1.54) is 6.07 Å². The van der Waals surface area contributed by atoms with Crippen LogP contribution in [0.25, 0.3) is 11.0 Å². The summed E-state index contributed by atoms with van der Waals surface area (Å²) < 4.78 is 20.7. The highest BCUT2D eigenvalue weighted by Crippen LogP contribution is 2.25. The molecule has 1 saturated heterocycles. The van der Waals surface area contributed by atoms with Crippen LogP contribution in [-0.2, 0) is 11.3 Å². The molecule has 1 aliphatic rings. The molecule has 1 aromatic heterocycles. The molecule has 5 nitrogen and oxygen atoms in total. The SMILES string of the molecule is Nc1nc2cc(F)c(Cl)cc2n1CCCN1CCOCC1. The normalized spacial score (nSPS) is 16.7. The highest BCUT2D eigenvalue weighted by molar-refractivity contribution is 6.31. The molecular formula is C14H18ClFN4O. The van der Waals surface area contributed by atoms with E-state index in [1.807, 2.05) is 4.57 Å². The molecule has 2 heterocycles. The monoisotopic (exact) mass is 312 g/mol. The summed E-state index contributed by atoms with van der Waals surface area (Å²) in [5.74, 6) is -0.0734. The Labute approximate surface area is 127 Å². The maximum absolute atomic E-state index is 13.4. The van der Waals surface area contributed by atoms with Crippen LogP contribution in [0.4, 0.5) is 10.3 Å². The molecule has 3 rings (SSSR count). The summed E-state index contributed by atoms with van der Waals surface area (Å²) in [6.07, 6.45) is 0.949. The van der Waals surface area contributed by atoms with Crippen molar-refractivity contribution in [2.24, 2.45) is 0 Å². The van der Waals surface area contributed by atoms with E-state index in [-0.39, 0.29) is 5.02 Å². The van der Waals surface area contributed by atoms with Gasteiger partial charge in [-0.25, -0.2) is 9.37 Å². The number of rotatable bonds is 4. The van der Waals surface area contributed by atoms with Crippen LogP contribution in [0, 0.1) is 5.82 Å². The highest BCUT2D eigenvalue weighted by atomic mass is 35.5. The first-order valence-corrected chi connectivity index (χ1v) is 7.44. The topological polar surface area (TPSA) is 56.3 Å². The number of imidazole rings is 1. The molecule has 0 unspecified atom stereocenters. The van der Waals surface area contributed by atoms with Crippen LogP contribution in [0.2, 0.25) is 5.02 Å². The first-order valence-electron chi connectivity index (χ1n) is 7.06. The third kappa shape index (κ3) is 3.12. The van der Waals surface area contributed by atoms with Crippen LogP contribution >= 0.6 is 11.6 Å². The fraction of sp³-hybridized carbons (Fsp3) is 0.500. The third-order valence-electron chi connectivity index (χ3n) is 3.78. The minimum atomic E-state index is -0.470. The number of aromatic nitrogens is 2. The van der Waals surface area contributed by atoms with Crippen molar-refractivity contribution in [3.63, 3.8) is 0 Å². The Balaban J connectivity index is 1.71. The Morgan fingerprint density at radius 2 is 2.05 bits per heavy atom. The van der Waals surface area contributed by atoms with Crippen LogP contribution in [0.15, 0.2) is 12.1 Å². The summed E-state index contributed by atoms with van der Waals surface area (Å²) in [6, 6.07) is 2.91. The lowest BCUT2D eigenvalue weighted by Gasteiger charge is -2.26. The van der Waals surface area contributed by atoms with E-state index in [0.29, 0.717) is 11.5 Å². The number of nitrogens with two attached hydrogens (primary N) is 1. The number of hydrogen-bond donors (Lipinski definition) is 1. The van der Waals surface area contributed by atoms with Crippen molar-refractivity contribution in [2.75, 3.05) is 38.6 Å². The molecule has 21 heavy (non-hydrogen) atoms. The van der Waals surface area contributed by atoms with E-state index in [2.05, 4.69) is 9.88 Å². The van der Waals surface area contributed by atoms with Gasteiger partial charge < -0.3 is 15.0 Å². The van der Waals surface area contributed by atoms with Crippen molar-refractivity contribution >= 4 is 28.6 Å². The second kappa shape index (κ2) is 6.17. The van der Waals surface area contributed by atoms with E-state index in [9.17, 15) is 4.39 Å². The predicted octanol–water partition coefficient (Wildman–Crippen LogP) is 2.13. The molecular weight excluding hydrogens is 295 g/mol. The van der Waals surface area contributed by atoms with Gasteiger partial charge in [0.05, 0.1) is 29.3 Å². The lowest BCUT2D eigenvalue weighted by Crippen LogP contribution is -2.37. The fourth-order valence-electron chi connectivity index (χ4n) is 2.65. The van der Waals surface area contributed by atoms with E-state index in [0.717, 1.165) is 51.3 Å². The summed E-state index contributed by atoms with van der Waals surface area (Å²) in [4.78, 5) is 6.56. The highest BCUT2D eigenvalue weighted by Gasteiger charge is 2.13. The number of halogens is 2. The molecule has 1 aliphatic heterocycles. The van der Waals surface area contributed by atoms with Crippen LogP contribution in [0.3, 0.4) is 0 Å². The fourth-order valence-corrected chi connectivity index (χ4v) is 2.81. The number of aryl methyl sites for hydroxylation is 1. The number of fused-ring (bicyclic) bond motifs is 1. The molecule has 2 N–H and O–H groups in total. The second-order valence-corrected chi connectivity index (χ2v) is 5.59. The van der Waals surface area contributed by atoms with Gasteiger partial charge in [-0.1, -0.05) is 11.6 Å². The van der Waals surface area contributed by atoms with Crippen molar-refractivity contribution in [3.8, 4) is 0 Å². The van der Waals surface area contributed by atoms with Gasteiger partial charge in [0.25, 0.3) is 0 Å². The predicted molar refractivity (Wildman–Crippen MR) is 81.0 cm³/mol. The van der Waals surface area contributed by atoms with Crippen LogP contribution in [0.1, 0.15) is 6.42 Å². The molecule has 0 radical (unpaired) electrons. The van der Waals surface area contributed by atoms with Crippen molar-refractivity contribution in [3.05, 3.63) is 23.0 Å². The number of anilines is 1. The number of nitrogen functional groups attached to an aromatic ring is 1. The standard InChI is InChI=1S/C14H18ClFN4O/c15-10-8-13-12(9-11(10)16)18-14(17)20(13)3-1-2-19-4-6-21-7-5-19/h8-9H,1-7H2,(H2,17,18). The van der Waals surface area contributed by atoms with Gasteiger partial charge in [-0.2, -0.15) is 0 Å². The minimum absolute atomic E-state index is 0.0943. The molecule has 7 heteroatoms. The van der Waals surface area contributed by atoms with Crippen molar-refractivity contribution < 1.29 is 9.13 Å². The van der Waals surface area contributed by atoms with E-state index in [4.69, 9.17) is 22.1 Å². The smallest absolute Gasteiger partial charge is 0.201 e. The Morgan fingerprint density at radius 3 is 2.81 bits per heavy atom. The van der Waals surface area contributed by atoms with Crippen LogP contribution in [-0.4, -0.2) is 47.3 Å². The minimum Gasteiger partial charge on any atom is -0.379 e. The van der Waals surface area contributed by atoms with Crippen LogP contribution < -0.4 is 5.73 Å². The van der Waals surface area contributed by atoms with Gasteiger partial charge in [-0.15, -0.1) is 0 Å². The molecule has 1 fully saturated rings. The first kappa shape index (κ1) is 14.6. The Hall–Kier alpha value is -1.37. The Morgan fingerprint density at radius 1 is 1.29 bits per heavy atom.